The van der Waals surface area contributed by atoms with Crippen LogP contribution in [0.2, 0.25) is 0 Å². The molecule has 0 radical (unpaired) electrons. The van der Waals surface area contributed by atoms with Crippen LogP contribution in [0, 0.1) is 0 Å². The normalized spacial score (nSPS) is 11.6. The summed E-state index contributed by atoms with van der Waals surface area (Å²) in [4.78, 5) is 13.5. The van der Waals surface area contributed by atoms with Crippen LogP contribution in [0.3, 0.4) is 0 Å². The van der Waals surface area contributed by atoms with Gasteiger partial charge in [-0.15, -0.1) is 0 Å². The summed E-state index contributed by atoms with van der Waals surface area (Å²) in [7, 11) is 1.65. The predicted octanol–water partition coefficient (Wildman–Crippen LogP) is 3.11. The maximum absolute atomic E-state index is 12.0. The molecule has 0 aliphatic heterocycles. The van der Waals surface area contributed by atoms with E-state index >= 15 is 0 Å². The number of hydrogen-bond acceptors (Lipinski definition) is 3. The minimum absolute atomic E-state index is 0.0698. The lowest BCUT2D eigenvalue weighted by atomic mass is 10.2. The van der Waals surface area contributed by atoms with Gasteiger partial charge in [0.15, 0.2) is 0 Å². The van der Waals surface area contributed by atoms with E-state index in [9.17, 15) is 4.79 Å². The Labute approximate surface area is 136 Å². The summed E-state index contributed by atoms with van der Waals surface area (Å²) in [6, 6.07) is 16.6. The average Bonchev–Trinajstić information content (AvgIpc) is 2.60. The summed E-state index contributed by atoms with van der Waals surface area (Å²) in [6.45, 7) is 2.18. The van der Waals surface area contributed by atoms with E-state index in [2.05, 4.69) is 5.32 Å². The van der Waals surface area contributed by atoms with Crippen molar-refractivity contribution in [3.8, 4) is 5.75 Å². The molecule has 2 N–H and O–H groups in total. The van der Waals surface area contributed by atoms with Gasteiger partial charge in [0.2, 0.25) is 0 Å². The van der Waals surface area contributed by atoms with Gasteiger partial charge in [0, 0.05) is 12.7 Å². The van der Waals surface area contributed by atoms with Crippen molar-refractivity contribution in [3.05, 3.63) is 60.2 Å². The van der Waals surface area contributed by atoms with Crippen molar-refractivity contribution in [1.82, 2.24) is 4.90 Å². The number of urea groups is 1. The number of amides is 2. The van der Waals surface area contributed by atoms with Crippen molar-refractivity contribution in [2.45, 2.75) is 19.6 Å². The van der Waals surface area contributed by atoms with Gasteiger partial charge in [0.05, 0.1) is 12.6 Å². The highest BCUT2D eigenvalue weighted by Gasteiger charge is 2.14. The van der Waals surface area contributed by atoms with E-state index in [-0.39, 0.29) is 18.7 Å². The number of hydrogen-bond donors (Lipinski definition) is 2. The molecular formula is C18H22N2O3. The molecule has 2 amide bonds. The van der Waals surface area contributed by atoms with Gasteiger partial charge in [-0.25, -0.2) is 4.79 Å². The molecular weight excluding hydrogens is 292 g/mol. The number of nitrogens with zero attached hydrogens (tertiary/aromatic N) is 1. The van der Waals surface area contributed by atoms with E-state index in [1.165, 1.54) is 4.90 Å². The van der Waals surface area contributed by atoms with E-state index in [4.69, 9.17) is 9.84 Å². The largest absolute Gasteiger partial charge is 0.489 e. The SMILES string of the molecule is CC(CO)N(C)C(=O)Nc1ccc(COc2ccccc2)cc1. The molecule has 122 valence electrons. The fraction of sp³-hybridized carbons (Fsp3) is 0.278. The first-order valence-electron chi connectivity index (χ1n) is 7.51. The van der Waals surface area contributed by atoms with Crippen LogP contribution in [0.25, 0.3) is 0 Å². The molecule has 0 spiro atoms. The van der Waals surface area contributed by atoms with Crippen LogP contribution in [0.1, 0.15) is 12.5 Å². The Morgan fingerprint density at radius 3 is 2.43 bits per heavy atom. The molecule has 2 aromatic rings. The molecule has 0 aliphatic carbocycles. The summed E-state index contributed by atoms with van der Waals surface area (Å²) in [6.07, 6.45) is 0. The van der Waals surface area contributed by atoms with Gasteiger partial charge < -0.3 is 20.1 Å². The van der Waals surface area contributed by atoms with Gasteiger partial charge >= 0.3 is 6.03 Å². The van der Waals surface area contributed by atoms with E-state index in [0.29, 0.717) is 12.3 Å². The molecule has 1 unspecified atom stereocenters. The minimum Gasteiger partial charge on any atom is -0.489 e. The van der Waals surface area contributed by atoms with Crippen LogP contribution in [-0.4, -0.2) is 35.7 Å². The Hall–Kier alpha value is -2.53. The fourth-order valence-electron chi connectivity index (χ4n) is 1.90. The zero-order valence-electron chi connectivity index (χ0n) is 13.4. The molecule has 0 aromatic heterocycles. The van der Waals surface area contributed by atoms with Crippen LogP contribution < -0.4 is 10.1 Å². The van der Waals surface area contributed by atoms with E-state index < -0.39 is 0 Å². The Bertz CT molecular complexity index is 614. The minimum atomic E-state index is -0.250. The summed E-state index contributed by atoms with van der Waals surface area (Å²) >= 11 is 0. The van der Waals surface area contributed by atoms with Crippen LogP contribution in [0.5, 0.6) is 5.75 Å². The average molecular weight is 314 g/mol. The highest BCUT2D eigenvalue weighted by molar-refractivity contribution is 5.89. The highest BCUT2D eigenvalue weighted by Crippen LogP contribution is 2.14. The molecule has 0 bridgehead atoms. The third kappa shape index (κ3) is 5.00. The molecule has 0 heterocycles. The highest BCUT2D eigenvalue weighted by atomic mass is 16.5. The van der Waals surface area contributed by atoms with Crippen LogP contribution in [-0.2, 0) is 6.61 Å². The second kappa shape index (κ2) is 8.19. The summed E-state index contributed by atoms with van der Waals surface area (Å²) in [5.41, 5.74) is 1.72. The lowest BCUT2D eigenvalue weighted by Crippen LogP contribution is -2.40. The number of likely N-dealkylation sites (N-methyl/N-ethyl adjacent to an activating group) is 1. The van der Waals surface area contributed by atoms with Crippen molar-refractivity contribution >= 4 is 11.7 Å². The number of para-hydroxylation sites is 1. The molecule has 5 heteroatoms. The first-order chi connectivity index (χ1) is 11.1. The number of carbonyl (C=O) groups excluding carboxylic acids is 1. The number of benzene rings is 2. The third-order valence-electron chi connectivity index (χ3n) is 3.60. The topological polar surface area (TPSA) is 61.8 Å². The monoisotopic (exact) mass is 314 g/mol. The maximum Gasteiger partial charge on any atom is 0.321 e. The van der Waals surface area contributed by atoms with E-state index in [1.807, 2.05) is 54.6 Å². The van der Waals surface area contributed by atoms with E-state index in [0.717, 1.165) is 11.3 Å². The van der Waals surface area contributed by atoms with Gasteiger partial charge in [-0.3, -0.25) is 0 Å². The van der Waals surface area contributed by atoms with Gasteiger partial charge in [-0.1, -0.05) is 30.3 Å². The molecule has 5 nitrogen and oxygen atoms in total. The summed E-state index contributed by atoms with van der Waals surface area (Å²) in [5, 5.41) is 11.9. The van der Waals surface area contributed by atoms with Crippen molar-refractivity contribution in [2.75, 3.05) is 19.0 Å². The van der Waals surface area contributed by atoms with Crippen LogP contribution in [0.4, 0.5) is 10.5 Å². The molecule has 0 aliphatic rings. The number of nitrogens with one attached hydrogen (secondary N) is 1. The van der Waals surface area contributed by atoms with Crippen molar-refractivity contribution < 1.29 is 14.6 Å². The van der Waals surface area contributed by atoms with Gasteiger partial charge in [0.1, 0.15) is 12.4 Å². The second-order valence-corrected chi connectivity index (χ2v) is 5.37. The number of rotatable bonds is 6. The third-order valence-corrected chi connectivity index (χ3v) is 3.60. The number of carbonyl (C=O) groups is 1. The zero-order valence-corrected chi connectivity index (χ0v) is 13.4. The zero-order chi connectivity index (χ0) is 16.7. The first-order valence-corrected chi connectivity index (χ1v) is 7.51. The Balaban J connectivity index is 1.88. The fourth-order valence-corrected chi connectivity index (χ4v) is 1.90. The molecule has 2 aromatic carbocycles. The Morgan fingerprint density at radius 1 is 1.17 bits per heavy atom. The quantitative estimate of drug-likeness (QED) is 0.861. The maximum atomic E-state index is 12.0. The molecule has 0 saturated heterocycles. The lowest BCUT2D eigenvalue weighted by molar-refractivity contribution is 0.166. The van der Waals surface area contributed by atoms with Crippen molar-refractivity contribution in [3.63, 3.8) is 0 Å². The summed E-state index contributed by atoms with van der Waals surface area (Å²) < 4.78 is 5.67. The number of anilines is 1. The van der Waals surface area contributed by atoms with E-state index in [1.54, 1.807) is 14.0 Å². The predicted molar refractivity (Wildman–Crippen MR) is 90.5 cm³/mol. The Kier molecular flexibility index (Phi) is 6.00. The Morgan fingerprint density at radius 2 is 1.83 bits per heavy atom. The number of ether oxygens (including phenoxy) is 1. The van der Waals surface area contributed by atoms with Gasteiger partial charge in [-0.05, 0) is 36.8 Å². The molecule has 2 rings (SSSR count). The second-order valence-electron chi connectivity index (χ2n) is 5.37. The smallest absolute Gasteiger partial charge is 0.321 e. The number of aliphatic hydroxyl groups excluding tert-OH is 1. The first kappa shape index (κ1) is 16.8. The molecule has 1 atom stereocenters. The molecule has 23 heavy (non-hydrogen) atoms. The van der Waals surface area contributed by atoms with Crippen LogP contribution in [0.15, 0.2) is 54.6 Å². The van der Waals surface area contributed by atoms with Crippen molar-refractivity contribution in [1.29, 1.82) is 0 Å². The lowest BCUT2D eigenvalue weighted by Gasteiger charge is -2.23. The van der Waals surface area contributed by atoms with Gasteiger partial charge in [-0.2, -0.15) is 0 Å². The van der Waals surface area contributed by atoms with Crippen molar-refractivity contribution in [2.24, 2.45) is 0 Å². The molecule has 0 fully saturated rings. The van der Waals surface area contributed by atoms with Crippen LogP contribution >= 0.6 is 0 Å². The summed E-state index contributed by atoms with van der Waals surface area (Å²) in [5.74, 6) is 0.824. The number of aliphatic hydroxyl groups is 1. The standard InChI is InChI=1S/C18H22N2O3/c1-14(12-21)20(2)18(22)19-16-10-8-15(9-11-16)13-23-17-6-4-3-5-7-17/h3-11,14,21H,12-13H2,1-2H3,(H,19,22). The van der Waals surface area contributed by atoms with Gasteiger partial charge in [0.25, 0.3) is 0 Å². The molecule has 0 saturated carbocycles.